The summed E-state index contributed by atoms with van der Waals surface area (Å²) in [5.74, 6) is -0.369. The molecule has 2 N–H and O–H groups in total. The molecule has 0 bridgehead atoms. The first kappa shape index (κ1) is 32.4. The van der Waals surface area contributed by atoms with Crippen LogP contribution >= 0.6 is 0 Å². The van der Waals surface area contributed by atoms with Gasteiger partial charge < -0.3 is 20.3 Å². The normalized spacial score (nSPS) is 16.2. The molecule has 1 saturated carbocycles. The zero-order valence-electron chi connectivity index (χ0n) is 25.4. The first-order valence-electron chi connectivity index (χ1n) is 14.5. The lowest BCUT2D eigenvalue weighted by Crippen LogP contribution is -2.60. The SMILES string of the molecule is C=Cc1cccc(C(C(=O)NC2CCCCC2)N(C(=O)C(CC(C)C)NC(=O)OC(C)(C)C)C(C)(C)CC)c1. The molecular formula is C32H51N3O4. The van der Waals surface area contributed by atoms with Gasteiger partial charge in [-0.1, -0.05) is 70.9 Å². The maximum atomic E-state index is 14.5. The van der Waals surface area contributed by atoms with E-state index in [1.54, 1.807) is 31.7 Å². The van der Waals surface area contributed by atoms with Gasteiger partial charge in [0.25, 0.3) is 0 Å². The predicted molar refractivity (Wildman–Crippen MR) is 158 cm³/mol. The Morgan fingerprint density at radius 2 is 1.74 bits per heavy atom. The summed E-state index contributed by atoms with van der Waals surface area (Å²) in [6.07, 6.45) is 7.35. The molecule has 2 atom stereocenters. The van der Waals surface area contributed by atoms with E-state index in [-0.39, 0.29) is 23.8 Å². The molecule has 0 heterocycles. The van der Waals surface area contributed by atoms with Crippen molar-refractivity contribution in [3.05, 3.63) is 42.0 Å². The van der Waals surface area contributed by atoms with Crippen molar-refractivity contribution in [2.45, 2.75) is 130 Å². The molecule has 0 spiro atoms. The molecule has 3 amide bonds. The summed E-state index contributed by atoms with van der Waals surface area (Å²) in [7, 11) is 0. The molecule has 7 nitrogen and oxygen atoms in total. The van der Waals surface area contributed by atoms with E-state index in [0.29, 0.717) is 12.8 Å². The number of nitrogens with one attached hydrogen (secondary N) is 2. The van der Waals surface area contributed by atoms with Crippen LogP contribution < -0.4 is 10.6 Å². The number of amides is 3. The summed E-state index contributed by atoms with van der Waals surface area (Å²) in [6.45, 7) is 19.2. The molecule has 0 aromatic heterocycles. The van der Waals surface area contributed by atoms with Gasteiger partial charge in [-0.3, -0.25) is 9.59 Å². The van der Waals surface area contributed by atoms with Crippen molar-refractivity contribution in [3.63, 3.8) is 0 Å². The van der Waals surface area contributed by atoms with Gasteiger partial charge >= 0.3 is 6.09 Å². The second-order valence-corrected chi connectivity index (χ2v) is 12.8. The largest absolute Gasteiger partial charge is 0.444 e. The first-order chi connectivity index (χ1) is 18.2. The van der Waals surface area contributed by atoms with Gasteiger partial charge in [-0.25, -0.2) is 4.79 Å². The van der Waals surface area contributed by atoms with Gasteiger partial charge in [0.05, 0.1) is 0 Å². The second kappa shape index (κ2) is 14.0. The molecule has 7 heteroatoms. The smallest absolute Gasteiger partial charge is 0.408 e. The van der Waals surface area contributed by atoms with Crippen molar-refractivity contribution in [2.24, 2.45) is 5.92 Å². The van der Waals surface area contributed by atoms with E-state index in [2.05, 4.69) is 17.2 Å². The van der Waals surface area contributed by atoms with Crippen molar-refractivity contribution < 1.29 is 19.1 Å². The average Bonchev–Trinajstić information content (AvgIpc) is 2.85. The van der Waals surface area contributed by atoms with E-state index in [4.69, 9.17) is 4.74 Å². The van der Waals surface area contributed by atoms with Crippen LogP contribution in [0.5, 0.6) is 0 Å². The highest BCUT2D eigenvalue weighted by Crippen LogP contribution is 2.34. The van der Waals surface area contributed by atoms with Crippen LogP contribution in [0.25, 0.3) is 6.08 Å². The minimum absolute atomic E-state index is 0.0874. The highest BCUT2D eigenvalue weighted by atomic mass is 16.6. The van der Waals surface area contributed by atoms with Crippen LogP contribution in [0.15, 0.2) is 30.8 Å². The Morgan fingerprint density at radius 3 is 2.28 bits per heavy atom. The highest BCUT2D eigenvalue weighted by molar-refractivity contribution is 5.93. The number of carbonyl (C=O) groups excluding carboxylic acids is 3. The van der Waals surface area contributed by atoms with Gasteiger partial charge in [-0.05, 0) is 83.4 Å². The Morgan fingerprint density at radius 1 is 1.10 bits per heavy atom. The third kappa shape index (κ3) is 9.70. The third-order valence-corrected chi connectivity index (χ3v) is 7.37. The van der Waals surface area contributed by atoms with Crippen molar-refractivity contribution >= 4 is 24.0 Å². The zero-order valence-corrected chi connectivity index (χ0v) is 25.4. The van der Waals surface area contributed by atoms with E-state index in [0.717, 1.165) is 36.8 Å². The van der Waals surface area contributed by atoms with Gasteiger partial charge in [0.1, 0.15) is 17.7 Å². The van der Waals surface area contributed by atoms with Crippen LogP contribution in [0, 0.1) is 5.92 Å². The van der Waals surface area contributed by atoms with Crippen LogP contribution in [-0.2, 0) is 14.3 Å². The molecule has 1 aromatic carbocycles. The Bertz CT molecular complexity index is 989. The van der Waals surface area contributed by atoms with Crippen LogP contribution in [0.4, 0.5) is 4.79 Å². The summed E-state index contributed by atoms with van der Waals surface area (Å²) < 4.78 is 5.50. The number of alkyl carbamates (subject to hydrolysis) is 1. The molecule has 2 unspecified atom stereocenters. The summed E-state index contributed by atoms with van der Waals surface area (Å²) in [5, 5.41) is 6.10. The lowest BCUT2D eigenvalue weighted by molar-refractivity contribution is -0.150. The third-order valence-electron chi connectivity index (χ3n) is 7.37. The van der Waals surface area contributed by atoms with E-state index in [1.165, 1.54) is 6.42 Å². The average molecular weight is 542 g/mol. The number of benzene rings is 1. The van der Waals surface area contributed by atoms with Crippen molar-refractivity contribution in [3.8, 4) is 0 Å². The van der Waals surface area contributed by atoms with Crippen LogP contribution in [-0.4, -0.2) is 46.0 Å². The standard InChI is InChI=1S/C32H51N3O4/c1-10-23-16-15-17-24(21-23)27(28(36)33-25-18-13-12-14-19-25)35(32(8,9)11-2)29(37)26(20-22(3)4)34-30(38)39-31(5,6)7/h10,15-17,21-22,25-27H,1,11-14,18-20H2,2-9H3,(H,33,36)(H,34,38). The molecule has 0 aliphatic heterocycles. The van der Waals surface area contributed by atoms with Crippen molar-refractivity contribution in [1.29, 1.82) is 0 Å². The molecule has 1 aromatic rings. The van der Waals surface area contributed by atoms with E-state index < -0.39 is 29.3 Å². The Hall–Kier alpha value is -2.83. The fraction of sp³-hybridized carbons (Fsp3) is 0.656. The molecule has 1 aliphatic carbocycles. The number of ether oxygens (including phenoxy) is 1. The minimum Gasteiger partial charge on any atom is -0.444 e. The van der Waals surface area contributed by atoms with Crippen molar-refractivity contribution in [2.75, 3.05) is 0 Å². The van der Waals surface area contributed by atoms with Gasteiger partial charge in [-0.2, -0.15) is 0 Å². The maximum Gasteiger partial charge on any atom is 0.408 e. The second-order valence-electron chi connectivity index (χ2n) is 12.8. The molecule has 2 rings (SSSR count). The number of nitrogens with zero attached hydrogens (tertiary/aromatic N) is 1. The molecule has 218 valence electrons. The Kier molecular flexibility index (Phi) is 11.6. The van der Waals surface area contributed by atoms with Gasteiger partial charge in [0, 0.05) is 11.6 Å². The predicted octanol–water partition coefficient (Wildman–Crippen LogP) is 6.78. The number of carbonyl (C=O) groups is 3. The molecule has 39 heavy (non-hydrogen) atoms. The Labute approximate surface area is 236 Å². The van der Waals surface area contributed by atoms with E-state index >= 15 is 0 Å². The molecule has 0 radical (unpaired) electrons. The quantitative estimate of drug-likeness (QED) is 0.323. The van der Waals surface area contributed by atoms with Gasteiger partial charge in [-0.15, -0.1) is 0 Å². The number of hydrogen-bond acceptors (Lipinski definition) is 4. The van der Waals surface area contributed by atoms with Crippen molar-refractivity contribution in [1.82, 2.24) is 15.5 Å². The van der Waals surface area contributed by atoms with Gasteiger partial charge in [0.2, 0.25) is 11.8 Å². The lowest BCUT2D eigenvalue weighted by atomic mass is 9.89. The summed E-state index contributed by atoms with van der Waals surface area (Å²) in [5.41, 5.74) is 0.206. The summed E-state index contributed by atoms with van der Waals surface area (Å²) in [4.78, 5) is 43.2. The topological polar surface area (TPSA) is 87.7 Å². The van der Waals surface area contributed by atoms with Crippen LogP contribution in [0.1, 0.15) is 118 Å². The maximum absolute atomic E-state index is 14.5. The fourth-order valence-corrected chi connectivity index (χ4v) is 5.06. The summed E-state index contributed by atoms with van der Waals surface area (Å²) >= 11 is 0. The molecule has 0 saturated heterocycles. The fourth-order valence-electron chi connectivity index (χ4n) is 5.06. The van der Waals surface area contributed by atoms with Gasteiger partial charge in [0.15, 0.2) is 0 Å². The van der Waals surface area contributed by atoms with E-state index in [9.17, 15) is 14.4 Å². The number of hydrogen-bond donors (Lipinski definition) is 2. The first-order valence-corrected chi connectivity index (χ1v) is 14.5. The summed E-state index contributed by atoms with van der Waals surface area (Å²) in [6, 6.07) is 5.99. The minimum atomic E-state index is -0.871. The van der Waals surface area contributed by atoms with Crippen LogP contribution in [0.2, 0.25) is 0 Å². The number of rotatable bonds is 11. The monoisotopic (exact) mass is 541 g/mol. The molecular weight excluding hydrogens is 490 g/mol. The van der Waals surface area contributed by atoms with Crippen LogP contribution in [0.3, 0.4) is 0 Å². The molecule has 1 fully saturated rings. The Balaban J connectivity index is 2.60. The zero-order chi connectivity index (χ0) is 29.4. The molecule has 1 aliphatic rings. The van der Waals surface area contributed by atoms with E-state index in [1.807, 2.05) is 58.9 Å². The highest BCUT2D eigenvalue weighted by Gasteiger charge is 2.43. The lowest BCUT2D eigenvalue weighted by Gasteiger charge is -2.45.